The third kappa shape index (κ3) is 3.20. The van der Waals surface area contributed by atoms with Gasteiger partial charge < -0.3 is 5.32 Å². The van der Waals surface area contributed by atoms with E-state index in [1.54, 1.807) is 18.2 Å². The van der Waals surface area contributed by atoms with E-state index >= 15 is 0 Å². The van der Waals surface area contributed by atoms with E-state index in [1.165, 1.54) is 33.4 Å². The number of amides is 1. The van der Waals surface area contributed by atoms with E-state index in [-0.39, 0.29) is 17.3 Å². The number of carbonyl (C=O) groups excluding carboxylic acids is 1. The average Bonchev–Trinajstić information content (AvgIpc) is 3.14. The third-order valence-electron chi connectivity index (χ3n) is 5.56. The summed E-state index contributed by atoms with van der Waals surface area (Å²) in [6.07, 6.45) is 6.67. The van der Waals surface area contributed by atoms with Crippen LogP contribution < -0.4 is 9.62 Å². The number of nitrogens with one attached hydrogen (secondary N) is 1. The highest BCUT2D eigenvalue weighted by Crippen LogP contribution is 2.41. The van der Waals surface area contributed by atoms with Gasteiger partial charge in [0.25, 0.3) is 10.0 Å². The molecule has 2 aromatic carbocycles. The molecule has 3 aromatic rings. The Morgan fingerprint density at radius 3 is 2.66 bits per heavy atom. The van der Waals surface area contributed by atoms with Crippen LogP contribution >= 0.6 is 11.3 Å². The minimum absolute atomic E-state index is 0.260. The molecule has 0 saturated carbocycles. The van der Waals surface area contributed by atoms with E-state index in [1.807, 2.05) is 18.2 Å². The van der Waals surface area contributed by atoms with Gasteiger partial charge >= 0.3 is 0 Å². The molecule has 0 fully saturated rings. The zero-order valence-electron chi connectivity index (χ0n) is 15.8. The summed E-state index contributed by atoms with van der Waals surface area (Å²) >= 11 is 1.51. The normalized spacial score (nSPS) is 17.6. The summed E-state index contributed by atoms with van der Waals surface area (Å²) < 4.78 is 27.2. The zero-order valence-corrected chi connectivity index (χ0v) is 17.5. The molecule has 1 aliphatic heterocycles. The maximum Gasteiger partial charge on any atom is 0.265 e. The van der Waals surface area contributed by atoms with Crippen molar-refractivity contribution in [3.8, 4) is 0 Å². The summed E-state index contributed by atoms with van der Waals surface area (Å²) in [7, 11) is -3.74. The van der Waals surface area contributed by atoms with Gasteiger partial charge in [0.2, 0.25) is 5.91 Å². The molecule has 1 amide bonds. The number of thiazole rings is 1. The van der Waals surface area contributed by atoms with Crippen LogP contribution in [0.15, 0.2) is 41.3 Å². The first-order valence-electron chi connectivity index (χ1n) is 9.87. The molecule has 150 valence electrons. The molecular formula is C21H21N3O3S2. The van der Waals surface area contributed by atoms with Crippen LogP contribution in [0.25, 0.3) is 10.8 Å². The van der Waals surface area contributed by atoms with Gasteiger partial charge in [-0.1, -0.05) is 37.1 Å². The molecule has 2 aliphatic rings. The van der Waals surface area contributed by atoms with Crippen molar-refractivity contribution in [2.45, 2.75) is 43.4 Å². The number of rotatable bonds is 3. The quantitative estimate of drug-likeness (QED) is 0.682. The number of aromatic nitrogens is 1. The Hall–Kier alpha value is -2.45. The van der Waals surface area contributed by atoms with Crippen LogP contribution in [0.4, 0.5) is 10.8 Å². The van der Waals surface area contributed by atoms with Crippen molar-refractivity contribution in [1.82, 2.24) is 4.98 Å². The van der Waals surface area contributed by atoms with Crippen molar-refractivity contribution >= 4 is 48.9 Å². The van der Waals surface area contributed by atoms with Gasteiger partial charge in [-0.3, -0.25) is 9.10 Å². The first kappa shape index (κ1) is 18.6. The van der Waals surface area contributed by atoms with Gasteiger partial charge in [0.1, 0.15) is 6.54 Å². The molecule has 29 heavy (non-hydrogen) atoms. The molecule has 0 radical (unpaired) electrons. The topological polar surface area (TPSA) is 79.4 Å². The van der Waals surface area contributed by atoms with Crippen LogP contribution in [-0.4, -0.2) is 25.9 Å². The van der Waals surface area contributed by atoms with E-state index in [9.17, 15) is 13.2 Å². The van der Waals surface area contributed by atoms with E-state index in [0.717, 1.165) is 36.8 Å². The molecule has 0 bridgehead atoms. The molecule has 2 heterocycles. The smallest absolute Gasteiger partial charge is 0.265 e. The summed E-state index contributed by atoms with van der Waals surface area (Å²) in [6, 6.07) is 10.7. The van der Waals surface area contributed by atoms with Crippen molar-refractivity contribution in [3.05, 3.63) is 47.0 Å². The minimum atomic E-state index is -3.74. The van der Waals surface area contributed by atoms with Crippen molar-refractivity contribution in [2.24, 2.45) is 0 Å². The Morgan fingerprint density at radius 1 is 1.07 bits per heavy atom. The lowest BCUT2D eigenvalue weighted by Gasteiger charge is -2.17. The largest absolute Gasteiger partial charge is 0.300 e. The van der Waals surface area contributed by atoms with E-state index in [2.05, 4.69) is 10.3 Å². The third-order valence-corrected chi connectivity index (χ3v) is 8.44. The summed E-state index contributed by atoms with van der Waals surface area (Å²) in [4.78, 5) is 18.8. The molecule has 8 heteroatoms. The first-order valence-corrected chi connectivity index (χ1v) is 12.1. The Bertz CT molecular complexity index is 1190. The van der Waals surface area contributed by atoms with E-state index in [0.29, 0.717) is 16.2 Å². The number of anilines is 2. The van der Waals surface area contributed by atoms with Gasteiger partial charge in [-0.05, 0) is 43.2 Å². The first-order chi connectivity index (χ1) is 14.0. The highest BCUT2D eigenvalue weighted by atomic mass is 32.2. The predicted molar refractivity (Wildman–Crippen MR) is 115 cm³/mol. The molecule has 0 saturated heterocycles. The maximum absolute atomic E-state index is 13.0. The Morgan fingerprint density at radius 2 is 1.83 bits per heavy atom. The Balaban J connectivity index is 1.39. The molecule has 1 aliphatic carbocycles. The SMILES string of the molecule is O=C(CN1c2cccc3cccc(c23)S1(=O)=O)Nc1nc2c(s1)CCCCCC2. The molecule has 0 atom stereocenters. The summed E-state index contributed by atoms with van der Waals surface area (Å²) in [6.45, 7) is -0.264. The maximum atomic E-state index is 13.0. The average molecular weight is 428 g/mol. The second-order valence-corrected chi connectivity index (χ2v) is 10.4. The fourth-order valence-corrected chi connectivity index (χ4v) is 6.91. The summed E-state index contributed by atoms with van der Waals surface area (Å²) in [5.41, 5.74) is 1.63. The predicted octanol–water partition coefficient (Wildman–Crippen LogP) is 4.10. The summed E-state index contributed by atoms with van der Waals surface area (Å²) in [5, 5.41) is 4.92. The highest BCUT2D eigenvalue weighted by Gasteiger charge is 2.36. The van der Waals surface area contributed by atoms with Crippen molar-refractivity contribution < 1.29 is 13.2 Å². The number of carbonyl (C=O) groups is 1. The van der Waals surface area contributed by atoms with Gasteiger partial charge in [0.15, 0.2) is 5.13 Å². The van der Waals surface area contributed by atoms with Crippen molar-refractivity contribution in [2.75, 3.05) is 16.2 Å². The van der Waals surface area contributed by atoms with Crippen molar-refractivity contribution in [1.29, 1.82) is 0 Å². The van der Waals surface area contributed by atoms with Crippen LogP contribution in [0, 0.1) is 0 Å². The van der Waals surface area contributed by atoms with Crippen LogP contribution in [0.5, 0.6) is 0 Å². The van der Waals surface area contributed by atoms with Gasteiger partial charge in [-0.15, -0.1) is 11.3 Å². The molecule has 0 unspecified atom stereocenters. The molecule has 0 spiro atoms. The number of fused-ring (bicyclic) bond motifs is 1. The van der Waals surface area contributed by atoms with E-state index in [4.69, 9.17) is 0 Å². The number of benzene rings is 2. The minimum Gasteiger partial charge on any atom is -0.300 e. The second-order valence-electron chi connectivity index (χ2n) is 7.49. The molecule has 6 nitrogen and oxygen atoms in total. The van der Waals surface area contributed by atoms with Crippen LogP contribution in [0.1, 0.15) is 36.3 Å². The van der Waals surface area contributed by atoms with Gasteiger partial charge in [0.05, 0.1) is 16.3 Å². The van der Waals surface area contributed by atoms with E-state index < -0.39 is 10.0 Å². The number of sulfonamides is 1. The van der Waals surface area contributed by atoms with Crippen LogP contribution in [-0.2, 0) is 27.7 Å². The van der Waals surface area contributed by atoms with Gasteiger partial charge in [-0.25, -0.2) is 13.4 Å². The standard InChI is InChI=1S/C21H21N3O3S2/c25-19(23-21-22-15-9-3-1-2-4-11-17(15)28-21)13-24-16-10-5-7-14-8-6-12-18(20(14)16)29(24,26)27/h5-8,10,12H,1-4,9,11,13H2,(H,22,23,25). The zero-order chi connectivity index (χ0) is 20.0. The molecular weight excluding hydrogens is 406 g/mol. The van der Waals surface area contributed by atoms with Crippen LogP contribution in [0.3, 0.4) is 0 Å². The fourth-order valence-electron chi connectivity index (χ4n) is 4.18. The van der Waals surface area contributed by atoms with Crippen LogP contribution in [0.2, 0.25) is 0 Å². The van der Waals surface area contributed by atoms with Gasteiger partial charge in [-0.2, -0.15) is 0 Å². The summed E-state index contributed by atoms with van der Waals surface area (Å²) in [5.74, 6) is -0.375. The number of nitrogens with zero attached hydrogens (tertiary/aromatic N) is 2. The number of hydrogen-bond donors (Lipinski definition) is 1. The fraction of sp³-hybridized carbons (Fsp3) is 0.333. The lowest BCUT2D eigenvalue weighted by molar-refractivity contribution is -0.114. The number of aryl methyl sites for hydroxylation is 2. The van der Waals surface area contributed by atoms with Gasteiger partial charge in [0, 0.05) is 10.3 Å². The lowest BCUT2D eigenvalue weighted by Crippen LogP contribution is -2.35. The molecule has 1 N–H and O–H groups in total. The highest BCUT2D eigenvalue weighted by molar-refractivity contribution is 7.93. The second kappa shape index (κ2) is 7.11. The molecule has 1 aromatic heterocycles. The Kier molecular flexibility index (Phi) is 4.55. The number of hydrogen-bond acceptors (Lipinski definition) is 5. The molecule has 5 rings (SSSR count). The Labute approximate surface area is 173 Å². The lowest BCUT2D eigenvalue weighted by atomic mass is 10.0. The van der Waals surface area contributed by atoms with Crippen molar-refractivity contribution in [3.63, 3.8) is 0 Å². The monoisotopic (exact) mass is 427 g/mol.